The van der Waals surface area contributed by atoms with E-state index < -0.39 is 12.1 Å². The van der Waals surface area contributed by atoms with Crippen LogP contribution in [0.5, 0.6) is 5.75 Å². The Hall–Kier alpha value is -3.28. The van der Waals surface area contributed by atoms with E-state index in [-0.39, 0.29) is 6.61 Å². The third kappa shape index (κ3) is 6.10. The van der Waals surface area contributed by atoms with Gasteiger partial charge in [0.2, 0.25) is 0 Å². The molecule has 1 heterocycles. The molecule has 1 atom stereocenters. The third-order valence-electron chi connectivity index (χ3n) is 4.77. The molecule has 0 spiro atoms. The first-order valence-corrected chi connectivity index (χ1v) is 9.48. The molecule has 0 aliphatic carbocycles. The fraction of sp³-hybridized carbons (Fsp3) is 0.333. The lowest BCUT2D eigenvalue weighted by atomic mass is 10.2. The van der Waals surface area contributed by atoms with Crippen LogP contribution in [0.15, 0.2) is 48.5 Å². The monoisotopic (exact) mass is 395 g/mol. The number of hydrogen-bond donors (Lipinski definition) is 3. The Balaban J connectivity index is 1.39. The van der Waals surface area contributed by atoms with Crippen LogP contribution in [0.4, 0.5) is 16.2 Å². The van der Waals surface area contributed by atoms with Gasteiger partial charge in [0.25, 0.3) is 0 Å². The van der Waals surface area contributed by atoms with Crippen molar-refractivity contribution in [1.29, 1.82) is 5.26 Å². The molecular formula is C21H25N5O3. The van der Waals surface area contributed by atoms with E-state index in [1.54, 1.807) is 24.3 Å². The van der Waals surface area contributed by atoms with Crippen LogP contribution in [0.1, 0.15) is 5.56 Å². The summed E-state index contributed by atoms with van der Waals surface area (Å²) in [6, 6.07) is 15.9. The Labute approximate surface area is 170 Å². The molecule has 1 aliphatic heterocycles. The summed E-state index contributed by atoms with van der Waals surface area (Å²) in [7, 11) is 0. The van der Waals surface area contributed by atoms with Crippen LogP contribution >= 0.6 is 0 Å². The first-order valence-electron chi connectivity index (χ1n) is 9.48. The minimum absolute atomic E-state index is 0.193. The van der Waals surface area contributed by atoms with Gasteiger partial charge in [-0.2, -0.15) is 5.26 Å². The number of ether oxygens (including phenoxy) is 1. The number of aliphatic hydroxyl groups is 1. The highest BCUT2D eigenvalue weighted by Crippen LogP contribution is 2.18. The highest BCUT2D eigenvalue weighted by molar-refractivity contribution is 5.87. The number of nitriles is 1. The molecule has 1 fully saturated rings. The summed E-state index contributed by atoms with van der Waals surface area (Å²) in [6.07, 6.45) is -0.597. The minimum Gasteiger partial charge on any atom is -0.491 e. The largest absolute Gasteiger partial charge is 0.491 e. The number of urea groups is 1. The SMILES string of the molecule is N#Cc1ccc(N2CCN(C[C@H](O)COc3ccc(NC(N)=O)cc3)CC2)cc1. The number of anilines is 2. The van der Waals surface area contributed by atoms with Crippen LogP contribution in [0.2, 0.25) is 0 Å². The van der Waals surface area contributed by atoms with Gasteiger partial charge in [0.15, 0.2) is 0 Å². The van der Waals surface area contributed by atoms with Crippen molar-refractivity contribution in [2.24, 2.45) is 5.73 Å². The average Bonchev–Trinajstić information content (AvgIpc) is 2.73. The summed E-state index contributed by atoms with van der Waals surface area (Å²) >= 11 is 0. The number of nitrogens with two attached hydrogens (primary N) is 1. The van der Waals surface area contributed by atoms with Gasteiger partial charge in [0.05, 0.1) is 11.6 Å². The number of hydrogen-bond acceptors (Lipinski definition) is 6. The topological polar surface area (TPSA) is 115 Å². The molecule has 0 saturated carbocycles. The molecule has 4 N–H and O–H groups in total. The molecule has 2 amide bonds. The van der Waals surface area contributed by atoms with Gasteiger partial charge in [-0.05, 0) is 48.5 Å². The van der Waals surface area contributed by atoms with Crippen LogP contribution in [-0.4, -0.2) is 61.5 Å². The number of rotatable bonds is 7. The quantitative estimate of drug-likeness (QED) is 0.656. The molecule has 0 bridgehead atoms. The Morgan fingerprint density at radius 3 is 2.38 bits per heavy atom. The number of aliphatic hydroxyl groups excluding tert-OH is 1. The molecule has 8 nitrogen and oxygen atoms in total. The van der Waals surface area contributed by atoms with Crippen molar-refractivity contribution in [2.75, 3.05) is 49.5 Å². The van der Waals surface area contributed by atoms with Gasteiger partial charge < -0.3 is 25.8 Å². The second kappa shape index (κ2) is 9.78. The van der Waals surface area contributed by atoms with E-state index in [0.29, 0.717) is 23.5 Å². The van der Waals surface area contributed by atoms with Crippen molar-refractivity contribution in [2.45, 2.75) is 6.10 Å². The number of nitrogens with one attached hydrogen (secondary N) is 1. The Bertz CT molecular complexity index is 840. The fourth-order valence-electron chi connectivity index (χ4n) is 3.26. The molecule has 2 aromatic rings. The first-order chi connectivity index (χ1) is 14.0. The van der Waals surface area contributed by atoms with Crippen molar-refractivity contribution >= 4 is 17.4 Å². The lowest BCUT2D eigenvalue weighted by Gasteiger charge is -2.36. The number of β-amino-alcohol motifs (C(OH)–C–C–N with tert-alkyl or cyclic N) is 1. The van der Waals surface area contributed by atoms with Gasteiger partial charge in [-0.25, -0.2) is 4.79 Å². The Kier molecular flexibility index (Phi) is 6.89. The molecule has 3 rings (SSSR count). The van der Waals surface area contributed by atoms with Crippen LogP contribution < -0.4 is 20.7 Å². The summed E-state index contributed by atoms with van der Waals surface area (Å²) in [6.45, 7) is 4.18. The van der Waals surface area contributed by atoms with Gasteiger partial charge in [-0.15, -0.1) is 0 Å². The molecule has 2 aromatic carbocycles. The van der Waals surface area contributed by atoms with Crippen LogP contribution in [0.25, 0.3) is 0 Å². The highest BCUT2D eigenvalue weighted by atomic mass is 16.5. The van der Waals surface area contributed by atoms with Crippen LogP contribution in [-0.2, 0) is 0 Å². The predicted molar refractivity (Wildman–Crippen MR) is 111 cm³/mol. The third-order valence-corrected chi connectivity index (χ3v) is 4.77. The van der Waals surface area contributed by atoms with E-state index in [0.717, 1.165) is 31.9 Å². The van der Waals surface area contributed by atoms with Gasteiger partial charge in [-0.3, -0.25) is 4.90 Å². The summed E-state index contributed by atoms with van der Waals surface area (Å²) in [5.74, 6) is 0.615. The van der Waals surface area contributed by atoms with Crippen molar-refractivity contribution < 1.29 is 14.6 Å². The summed E-state index contributed by atoms with van der Waals surface area (Å²) in [5.41, 5.74) is 7.43. The number of carbonyl (C=O) groups excluding carboxylic acids is 1. The maximum atomic E-state index is 10.8. The van der Waals surface area contributed by atoms with Gasteiger partial charge in [-0.1, -0.05) is 0 Å². The van der Waals surface area contributed by atoms with Crippen molar-refractivity contribution in [3.8, 4) is 11.8 Å². The molecule has 152 valence electrons. The van der Waals surface area contributed by atoms with E-state index in [9.17, 15) is 9.90 Å². The van der Waals surface area contributed by atoms with Gasteiger partial charge >= 0.3 is 6.03 Å². The molecule has 0 unspecified atom stereocenters. The number of carbonyl (C=O) groups is 1. The molecule has 0 aromatic heterocycles. The minimum atomic E-state index is -0.617. The first kappa shape index (κ1) is 20.5. The molecule has 0 radical (unpaired) electrons. The number of benzene rings is 2. The molecule has 1 saturated heterocycles. The molecule has 1 aliphatic rings. The van der Waals surface area contributed by atoms with Crippen LogP contribution in [0.3, 0.4) is 0 Å². The number of nitrogens with zero attached hydrogens (tertiary/aromatic N) is 3. The van der Waals surface area contributed by atoms with E-state index in [1.165, 1.54) is 0 Å². The zero-order valence-electron chi connectivity index (χ0n) is 16.1. The molecule has 8 heteroatoms. The second-order valence-corrected chi connectivity index (χ2v) is 6.92. The molecular weight excluding hydrogens is 370 g/mol. The summed E-state index contributed by atoms with van der Waals surface area (Å²) in [5, 5.41) is 21.7. The maximum Gasteiger partial charge on any atom is 0.316 e. The molecule has 29 heavy (non-hydrogen) atoms. The van der Waals surface area contributed by atoms with Crippen LogP contribution in [0, 0.1) is 11.3 Å². The smallest absolute Gasteiger partial charge is 0.316 e. The van der Waals surface area contributed by atoms with Gasteiger partial charge in [0.1, 0.15) is 18.5 Å². The normalized spacial score (nSPS) is 15.4. The summed E-state index contributed by atoms with van der Waals surface area (Å²) in [4.78, 5) is 15.3. The second-order valence-electron chi connectivity index (χ2n) is 6.92. The van der Waals surface area contributed by atoms with E-state index in [4.69, 9.17) is 15.7 Å². The standard InChI is InChI=1S/C21H25N5O3/c22-13-16-1-5-18(6-2-16)26-11-9-25(10-12-26)14-19(27)15-29-20-7-3-17(4-8-20)24-21(23)28/h1-8,19,27H,9-12,14-15H2,(H3,23,24,28)/t19-/m0/s1. The van der Waals surface area contributed by atoms with E-state index in [1.807, 2.05) is 24.3 Å². The van der Waals surface area contributed by atoms with E-state index >= 15 is 0 Å². The number of piperazine rings is 1. The van der Waals surface area contributed by atoms with Crippen molar-refractivity contribution in [3.05, 3.63) is 54.1 Å². The summed E-state index contributed by atoms with van der Waals surface area (Å²) < 4.78 is 5.62. The van der Waals surface area contributed by atoms with E-state index in [2.05, 4.69) is 21.2 Å². The number of amides is 2. The lowest BCUT2D eigenvalue weighted by Crippen LogP contribution is -2.49. The zero-order chi connectivity index (χ0) is 20.6. The lowest BCUT2D eigenvalue weighted by molar-refractivity contribution is 0.0663. The van der Waals surface area contributed by atoms with Gasteiger partial charge in [0, 0.05) is 44.1 Å². The Morgan fingerprint density at radius 2 is 1.79 bits per heavy atom. The van der Waals surface area contributed by atoms with Crippen molar-refractivity contribution in [3.63, 3.8) is 0 Å². The maximum absolute atomic E-state index is 10.8. The van der Waals surface area contributed by atoms with Crippen molar-refractivity contribution in [1.82, 2.24) is 4.90 Å². The predicted octanol–water partition coefficient (Wildman–Crippen LogP) is 1.61. The zero-order valence-corrected chi connectivity index (χ0v) is 16.1. The average molecular weight is 395 g/mol. The Morgan fingerprint density at radius 1 is 1.14 bits per heavy atom. The number of primary amides is 1. The fourth-order valence-corrected chi connectivity index (χ4v) is 3.26. The highest BCUT2D eigenvalue weighted by Gasteiger charge is 2.19.